The summed E-state index contributed by atoms with van der Waals surface area (Å²) >= 11 is 5.92. The van der Waals surface area contributed by atoms with Gasteiger partial charge in [0, 0.05) is 35.1 Å². The fraction of sp³-hybridized carbons (Fsp3) is 0.333. The van der Waals surface area contributed by atoms with Gasteiger partial charge in [-0.3, -0.25) is 4.90 Å². The normalized spacial score (nSPS) is 24.6. The second-order valence-electron chi connectivity index (χ2n) is 8.92. The summed E-state index contributed by atoms with van der Waals surface area (Å²) < 4.78 is 19.8. The molecule has 2 atom stereocenters. The molecule has 0 radical (unpaired) electrons. The third-order valence-corrected chi connectivity index (χ3v) is 7.14. The van der Waals surface area contributed by atoms with Crippen LogP contribution in [0.25, 0.3) is 22.3 Å². The molecule has 3 aromatic rings. The lowest BCUT2D eigenvalue weighted by atomic mass is 10.0. The molecule has 4 N–H and O–H groups in total. The number of fused-ring (bicyclic) bond motifs is 2. The molecule has 162 valence electrons. The van der Waals surface area contributed by atoms with Crippen LogP contribution in [0.15, 0.2) is 30.3 Å². The number of hydrogen-bond acceptors (Lipinski definition) is 6. The van der Waals surface area contributed by atoms with Gasteiger partial charge < -0.3 is 16.2 Å². The van der Waals surface area contributed by atoms with E-state index in [0.29, 0.717) is 34.1 Å². The largest absolute Gasteiger partial charge is 0.398 e. The van der Waals surface area contributed by atoms with Crippen molar-refractivity contribution in [2.45, 2.75) is 12.5 Å². The second-order valence-corrected chi connectivity index (χ2v) is 9.33. The first kappa shape index (κ1) is 19.7. The van der Waals surface area contributed by atoms with Crippen LogP contribution in [0, 0.1) is 29.0 Å². The highest BCUT2D eigenvalue weighted by molar-refractivity contribution is 6.31. The number of likely N-dealkylation sites (tertiary alicyclic amines) is 1. The zero-order chi connectivity index (χ0) is 22.0. The van der Waals surface area contributed by atoms with Crippen LogP contribution >= 0.6 is 11.6 Å². The van der Waals surface area contributed by atoms with Crippen LogP contribution in [0.1, 0.15) is 12.0 Å². The van der Waals surface area contributed by atoms with Crippen molar-refractivity contribution in [2.24, 2.45) is 11.3 Å². The van der Waals surface area contributed by atoms with E-state index in [9.17, 15) is 4.39 Å². The van der Waals surface area contributed by atoms with Crippen LogP contribution in [0.5, 0.6) is 0 Å². The predicted octanol–water partition coefficient (Wildman–Crippen LogP) is 3.33. The third-order valence-electron chi connectivity index (χ3n) is 6.84. The van der Waals surface area contributed by atoms with Gasteiger partial charge in [-0.05, 0) is 36.6 Å². The standard InChI is InChI=1S/C24H21ClFN5O/c25-18-3-1-2-16(21(18)26)23-29-20-6-13(19(27)7-17(20)22(28)30-23)4-5-24-8-14(24)9-31(12-24)15-10-32-11-15/h1-3,6-7,14-15H,8-12,27H2,(H2,28,29,30). The minimum absolute atomic E-state index is 0.00550. The molecule has 8 heteroatoms. The Morgan fingerprint density at radius 3 is 2.84 bits per heavy atom. The smallest absolute Gasteiger partial charge is 0.165 e. The Morgan fingerprint density at radius 1 is 1.22 bits per heavy atom. The average Bonchev–Trinajstić information content (AvgIpc) is 3.28. The van der Waals surface area contributed by atoms with Gasteiger partial charge in [0.15, 0.2) is 11.6 Å². The predicted molar refractivity (Wildman–Crippen MR) is 122 cm³/mol. The number of ether oxygens (including phenoxy) is 1. The second kappa shape index (κ2) is 7.04. The number of rotatable bonds is 2. The van der Waals surface area contributed by atoms with Crippen LogP contribution in [0.4, 0.5) is 15.9 Å². The molecule has 3 aliphatic rings. The number of anilines is 2. The molecule has 2 aromatic carbocycles. The average molecular weight is 450 g/mol. The SMILES string of the molecule is Nc1cc2c(N)nc(-c3cccc(Cl)c3F)nc2cc1C#CC12CC1CN(C1COC1)C2. The Morgan fingerprint density at radius 2 is 2.06 bits per heavy atom. The van der Waals surface area contributed by atoms with E-state index in [4.69, 9.17) is 27.8 Å². The summed E-state index contributed by atoms with van der Waals surface area (Å²) in [7, 11) is 0. The number of aromatic nitrogens is 2. The first-order valence-corrected chi connectivity index (χ1v) is 11.0. The van der Waals surface area contributed by atoms with E-state index in [1.807, 2.05) is 6.07 Å². The lowest BCUT2D eigenvalue weighted by molar-refractivity contribution is -0.0614. The van der Waals surface area contributed by atoms with Gasteiger partial charge in [0.25, 0.3) is 0 Å². The molecule has 0 amide bonds. The molecule has 6 nitrogen and oxygen atoms in total. The van der Waals surface area contributed by atoms with Gasteiger partial charge in [-0.15, -0.1) is 0 Å². The molecule has 0 spiro atoms. The van der Waals surface area contributed by atoms with Crippen LogP contribution in [0.2, 0.25) is 5.02 Å². The number of halogens is 2. The number of benzene rings is 2. The van der Waals surface area contributed by atoms with E-state index in [-0.39, 0.29) is 27.6 Å². The minimum atomic E-state index is -0.579. The Kier molecular flexibility index (Phi) is 4.34. The highest BCUT2D eigenvalue weighted by Crippen LogP contribution is 2.58. The van der Waals surface area contributed by atoms with E-state index in [1.165, 1.54) is 6.07 Å². The van der Waals surface area contributed by atoms with Gasteiger partial charge in [0.05, 0.1) is 35.4 Å². The van der Waals surface area contributed by atoms with Crippen molar-refractivity contribution in [1.82, 2.24) is 14.9 Å². The topological polar surface area (TPSA) is 90.3 Å². The van der Waals surface area contributed by atoms with Crippen LogP contribution < -0.4 is 11.5 Å². The minimum Gasteiger partial charge on any atom is -0.398 e. The zero-order valence-corrected chi connectivity index (χ0v) is 18.0. The fourth-order valence-corrected chi connectivity index (χ4v) is 4.92. The molecule has 1 saturated carbocycles. The molecule has 1 aromatic heterocycles. The fourth-order valence-electron chi connectivity index (χ4n) is 4.74. The maximum atomic E-state index is 14.5. The van der Waals surface area contributed by atoms with Crippen molar-refractivity contribution < 1.29 is 9.13 Å². The summed E-state index contributed by atoms with van der Waals surface area (Å²) in [4.78, 5) is 11.3. The summed E-state index contributed by atoms with van der Waals surface area (Å²) in [5.74, 6) is 7.24. The number of nitrogens with two attached hydrogens (primary N) is 2. The van der Waals surface area contributed by atoms with Crippen molar-refractivity contribution in [3.63, 3.8) is 0 Å². The van der Waals surface area contributed by atoms with E-state index >= 15 is 0 Å². The lowest BCUT2D eigenvalue weighted by Crippen LogP contribution is -2.49. The molecule has 2 unspecified atom stereocenters. The summed E-state index contributed by atoms with van der Waals surface area (Å²) in [6.07, 6.45) is 1.13. The maximum Gasteiger partial charge on any atom is 0.165 e. The molecule has 2 aliphatic heterocycles. The molecule has 0 bridgehead atoms. The maximum absolute atomic E-state index is 14.5. The van der Waals surface area contributed by atoms with Crippen LogP contribution in [-0.2, 0) is 4.74 Å². The van der Waals surface area contributed by atoms with Crippen molar-refractivity contribution in [2.75, 3.05) is 37.8 Å². The Hall–Kier alpha value is -2.92. The summed E-state index contributed by atoms with van der Waals surface area (Å²) in [6.45, 7) is 3.72. The quantitative estimate of drug-likeness (QED) is 0.460. The van der Waals surface area contributed by atoms with Gasteiger partial charge in [-0.1, -0.05) is 29.5 Å². The van der Waals surface area contributed by atoms with Gasteiger partial charge in [0.2, 0.25) is 0 Å². The van der Waals surface area contributed by atoms with Crippen molar-refractivity contribution in [3.8, 4) is 23.2 Å². The highest BCUT2D eigenvalue weighted by Gasteiger charge is 2.60. The Labute approximate surface area is 189 Å². The zero-order valence-electron chi connectivity index (χ0n) is 17.2. The molecule has 3 fully saturated rings. The van der Waals surface area contributed by atoms with Gasteiger partial charge in [0.1, 0.15) is 5.82 Å². The monoisotopic (exact) mass is 449 g/mol. The van der Waals surface area contributed by atoms with E-state index in [1.54, 1.807) is 18.2 Å². The molecular weight excluding hydrogens is 429 g/mol. The first-order chi connectivity index (χ1) is 15.4. The van der Waals surface area contributed by atoms with E-state index in [0.717, 1.165) is 32.7 Å². The highest BCUT2D eigenvalue weighted by atomic mass is 35.5. The summed E-state index contributed by atoms with van der Waals surface area (Å²) in [5.41, 5.74) is 14.5. The molecule has 3 heterocycles. The number of nitrogen functional groups attached to an aromatic ring is 2. The molecule has 2 saturated heterocycles. The molecule has 32 heavy (non-hydrogen) atoms. The number of piperidine rings is 1. The lowest BCUT2D eigenvalue weighted by Gasteiger charge is -2.35. The Balaban J connectivity index is 1.36. The molecular formula is C24H21ClFN5O. The summed E-state index contributed by atoms with van der Waals surface area (Å²) in [6, 6.07) is 8.79. The number of hydrogen-bond donors (Lipinski definition) is 2. The van der Waals surface area contributed by atoms with Gasteiger partial charge in [-0.2, -0.15) is 0 Å². The third kappa shape index (κ3) is 3.10. The number of nitrogens with zero attached hydrogens (tertiary/aromatic N) is 3. The van der Waals surface area contributed by atoms with Gasteiger partial charge in [-0.25, -0.2) is 14.4 Å². The van der Waals surface area contributed by atoms with Gasteiger partial charge >= 0.3 is 0 Å². The first-order valence-electron chi connectivity index (χ1n) is 10.6. The van der Waals surface area contributed by atoms with Crippen molar-refractivity contribution in [3.05, 3.63) is 46.7 Å². The molecule has 6 rings (SSSR count). The van der Waals surface area contributed by atoms with Crippen molar-refractivity contribution >= 4 is 34.0 Å². The Bertz CT molecular complexity index is 1330. The summed E-state index contributed by atoms with van der Waals surface area (Å²) in [5, 5.41) is 0.615. The van der Waals surface area contributed by atoms with E-state index in [2.05, 4.69) is 26.7 Å². The molecule has 1 aliphatic carbocycles. The van der Waals surface area contributed by atoms with E-state index < -0.39 is 5.82 Å². The van der Waals surface area contributed by atoms with Crippen LogP contribution in [-0.4, -0.2) is 47.2 Å². The van der Waals surface area contributed by atoms with Crippen LogP contribution in [0.3, 0.4) is 0 Å². The van der Waals surface area contributed by atoms with Crippen molar-refractivity contribution in [1.29, 1.82) is 0 Å².